The van der Waals surface area contributed by atoms with Crippen LogP contribution in [0.3, 0.4) is 0 Å². The van der Waals surface area contributed by atoms with E-state index in [1.807, 2.05) is 0 Å². The molecule has 2 aromatic rings. The molecule has 6 N–H and O–H groups in total. The maximum Gasteiger partial charge on any atom is 0.269 e. The van der Waals surface area contributed by atoms with E-state index in [2.05, 4.69) is 15.5 Å². The number of nitrogens with one attached hydrogen (secondary N) is 1. The minimum Gasteiger partial charge on any atom is -0.508 e. The van der Waals surface area contributed by atoms with Crippen LogP contribution in [-0.2, 0) is 6.54 Å². The number of anilines is 2. The molecule has 0 saturated heterocycles. The molecule has 0 radical (unpaired) electrons. The van der Waals surface area contributed by atoms with Gasteiger partial charge in [0.15, 0.2) is 5.69 Å². The van der Waals surface area contributed by atoms with Crippen LogP contribution in [-0.4, -0.2) is 21.2 Å². The van der Waals surface area contributed by atoms with Crippen LogP contribution >= 0.6 is 0 Å². The first-order valence-corrected chi connectivity index (χ1v) is 5.51. The van der Waals surface area contributed by atoms with Gasteiger partial charge in [-0.15, -0.1) is 10.2 Å². The third-order valence-corrected chi connectivity index (χ3v) is 2.48. The molecule has 0 spiro atoms. The molecular weight excluding hydrogens is 246 g/mol. The van der Waals surface area contributed by atoms with Gasteiger partial charge in [0.1, 0.15) is 11.6 Å². The minimum absolute atomic E-state index is 0.0948. The number of hydrogen-bond acceptors (Lipinski definition) is 6. The van der Waals surface area contributed by atoms with Crippen LogP contribution in [0.2, 0.25) is 0 Å². The predicted molar refractivity (Wildman–Crippen MR) is 70.4 cm³/mol. The number of phenolic OH excluding ortho intramolecular Hbond substituents is 1. The van der Waals surface area contributed by atoms with E-state index in [4.69, 9.17) is 11.5 Å². The van der Waals surface area contributed by atoms with Gasteiger partial charge in [-0.05, 0) is 30.3 Å². The van der Waals surface area contributed by atoms with Crippen molar-refractivity contribution in [1.29, 1.82) is 0 Å². The van der Waals surface area contributed by atoms with Crippen LogP contribution in [0.5, 0.6) is 5.75 Å². The maximum atomic E-state index is 10.8. The summed E-state index contributed by atoms with van der Waals surface area (Å²) in [6, 6.07) is 7.84. The zero-order chi connectivity index (χ0) is 13.8. The highest BCUT2D eigenvalue weighted by Crippen LogP contribution is 2.20. The Hall–Kier alpha value is -2.83. The van der Waals surface area contributed by atoms with E-state index in [1.165, 1.54) is 12.1 Å². The average molecular weight is 259 g/mol. The van der Waals surface area contributed by atoms with Gasteiger partial charge in [0.2, 0.25) is 0 Å². The lowest BCUT2D eigenvalue weighted by Gasteiger charge is -2.07. The normalized spacial score (nSPS) is 10.1. The summed E-state index contributed by atoms with van der Waals surface area (Å²) in [5, 5.41) is 20.0. The Morgan fingerprint density at radius 1 is 1.26 bits per heavy atom. The molecule has 2 rings (SSSR count). The number of aromatic nitrogens is 2. The molecule has 1 aromatic heterocycles. The highest BCUT2D eigenvalue weighted by atomic mass is 16.3. The molecule has 0 atom stereocenters. The van der Waals surface area contributed by atoms with Crippen molar-refractivity contribution < 1.29 is 9.90 Å². The fraction of sp³-hybridized carbons (Fsp3) is 0.0833. The first-order chi connectivity index (χ1) is 9.06. The third kappa shape index (κ3) is 3.09. The Bertz CT molecular complexity index is 598. The number of amides is 1. The molecule has 1 aromatic carbocycles. The van der Waals surface area contributed by atoms with E-state index < -0.39 is 5.91 Å². The molecule has 0 aliphatic carbocycles. The molecule has 0 aliphatic heterocycles. The van der Waals surface area contributed by atoms with Crippen molar-refractivity contribution in [3.8, 4) is 5.75 Å². The maximum absolute atomic E-state index is 10.8. The number of carbonyl (C=O) groups excluding carboxylic acids is 1. The van der Waals surface area contributed by atoms with E-state index in [9.17, 15) is 9.90 Å². The van der Waals surface area contributed by atoms with Gasteiger partial charge >= 0.3 is 0 Å². The Morgan fingerprint density at radius 2 is 2.05 bits per heavy atom. The van der Waals surface area contributed by atoms with Crippen molar-refractivity contribution >= 4 is 17.4 Å². The molecular formula is C12H13N5O2. The smallest absolute Gasteiger partial charge is 0.269 e. The summed E-state index contributed by atoms with van der Waals surface area (Å²) in [7, 11) is 0. The fourth-order valence-corrected chi connectivity index (χ4v) is 1.49. The third-order valence-electron chi connectivity index (χ3n) is 2.48. The molecule has 0 fully saturated rings. The number of benzene rings is 1. The Labute approximate surface area is 109 Å². The summed E-state index contributed by atoms with van der Waals surface area (Å²) in [6.45, 7) is 0.335. The molecule has 1 heterocycles. The van der Waals surface area contributed by atoms with Crippen molar-refractivity contribution in [2.45, 2.75) is 6.54 Å². The second-order valence-corrected chi connectivity index (χ2v) is 3.91. The first-order valence-electron chi connectivity index (χ1n) is 5.51. The zero-order valence-electron chi connectivity index (χ0n) is 10.00. The number of nitrogens with zero attached hydrogens (tertiary/aromatic N) is 2. The van der Waals surface area contributed by atoms with Crippen molar-refractivity contribution in [1.82, 2.24) is 10.2 Å². The van der Waals surface area contributed by atoms with Gasteiger partial charge in [0.05, 0.1) is 0 Å². The van der Waals surface area contributed by atoms with Gasteiger partial charge in [-0.25, -0.2) is 0 Å². The van der Waals surface area contributed by atoms with E-state index in [0.717, 1.165) is 0 Å². The van der Waals surface area contributed by atoms with Gasteiger partial charge in [-0.1, -0.05) is 0 Å². The zero-order valence-corrected chi connectivity index (χ0v) is 10.00. The molecule has 1 amide bonds. The number of carbonyl (C=O) groups is 1. The number of primary amides is 1. The van der Waals surface area contributed by atoms with Crippen LogP contribution in [0.1, 0.15) is 16.1 Å². The Morgan fingerprint density at radius 3 is 2.68 bits per heavy atom. The highest BCUT2D eigenvalue weighted by molar-refractivity contribution is 5.90. The molecule has 7 heteroatoms. The van der Waals surface area contributed by atoms with Gasteiger partial charge in [-0.3, -0.25) is 4.79 Å². The number of hydrogen-bond donors (Lipinski definition) is 4. The Balaban J connectivity index is 2.06. The van der Waals surface area contributed by atoms with Gasteiger partial charge in [-0.2, -0.15) is 0 Å². The molecule has 0 aliphatic rings. The molecule has 0 bridgehead atoms. The van der Waals surface area contributed by atoms with Crippen molar-refractivity contribution in [2.75, 3.05) is 11.1 Å². The topological polar surface area (TPSA) is 127 Å². The minimum atomic E-state index is -0.632. The van der Waals surface area contributed by atoms with Gasteiger partial charge in [0.25, 0.3) is 5.91 Å². The SMILES string of the molecule is NC(=O)c1ccc(NCc2cc(N)ccc2O)nn1. The number of phenols is 1. The summed E-state index contributed by atoms with van der Waals surface area (Å²) in [6.07, 6.45) is 0. The molecule has 98 valence electrons. The summed E-state index contributed by atoms with van der Waals surface area (Å²) < 4.78 is 0. The lowest BCUT2D eigenvalue weighted by Crippen LogP contribution is -2.14. The molecule has 0 unspecified atom stereocenters. The lowest BCUT2D eigenvalue weighted by molar-refractivity contribution is 0.0994. The lowest BCUT2D eigenvalue weighted by atomic mass is 10.2. The van der Waals surface area contributed by atoms with Crippen LogP contribution in [0.4, 0.5) is 11.5 Å². The van der Waals surface area contributed by atoms with Crippen molar-refractivity contribution in [3.63, 3.8) is 0 Å². The van der Waals surface area contributed by atoms with Crippen molar-refractivity contribution in [3.05, 3.63) is 41.6 Å². The largest absolute Gasteiger partial charge is 0.508 e. The van der Waals surface area contributed by atoms with Gasteiger partial charge < -0.3 is 21.9 Å². The molecule has 7 nitrogen and oxygen atoms in total. The van der Waals surface area contributed by atoms with E-state index in [-0.39, 0.29) is 11.4 Å². The Kier molecular flexibility index (Phi) is 3.46. The highest BCUT2D eigenvalue weighted by Gasteiger charge is 2.05. The van der Waals surface area contributed by atoms with E-state index in [0.29, 0.717) is 23.6 Å². The summed E-state index contributed by atoms with van der Waals surface area (Å²) >= 11 is 0. The standard InChI is InChI=1S/C12H13N5O2/c13-8-1-3-10(18)7(5-8)6-15-11-4-2-9(12(14)19)16-17-11/h1-5,18H,6,13H2,(H2,14,19)(H,15,17). The predicted octanol–water partition coefficient (Wildman–Crippen LogP) is 0.475. The van der Waals surface area contributed by atoms with Gasteiger partial charge in [0, 0.05) is 17.8 Å². The molecule has 19 heavy (non-hydrogen) atoms. The summed E-state index contributed by atoms with van der Waals surface area (Å²) in [5.41, 5.74) is 12.0. The number of nitrogen functional groups attached to an aromatic ring is 1. The second kappa shape index (κ2) is 5.21. The first kappa shape index (κ1) is 12.6. The monoisotopic (exact) mass is 259 g/mol. The van der Waals surface area contributed by atoms with Crippen LogP contribution < -0.4 is 16.8 Å². The van der Waals surface area contributed by atoms with Crippen molar-refractivity contribution in [2.24, 2.45) is 5.73 Å². The van der Waals surface area contributed by atoms with Crippen LogP contribution in [0.25, 0.3) is 0 Å². The summed E-state index contributed by atoms with van der Waals surface area (Å²) in [4.78, 5) is 10.8. The van der Waals surface area contributed by atoms with E-state index in [1.54, 1.807) is 18.2 Å². The second-order valence-electron chi connectivity index (χ2n) is 3.91. The van der Waals surface area contributed by atoms with Crippen LogP contribution in [0.15, 0.2) is 30.3 Å². The number of rotatable bonds is 4. The number of nitrogens with two attached hydrogens (primary N) is 2. The average Bonchev–Trinajstić information content (AvgIpc) is 2.40. The fourth-order valence-electron chi connectivity index (χ4n) is 1.49. The van der Waals surface area contributed by atoms with E-state index >= 15 is 0 Å². The molecule has 0 saturated carbocycles. The van der Waals surface area contributed by atoms with Crippen LogP contribution in [0, 0.1) is 0 Å². The summed E-state index contributed by atoms with van der Waals surface area (Å²) in [5.74, 6) is -0.0252. The quantitative estimate of drug-likeness (QED) is 0.467. The number of aromatic hydroxyl groups is 1.